The second-order valence-corrected chi connectivity index (χ2v) is 7.53. The number of hydrogen-bond acceptors (Lipinski definition) is 5. The minimum Gasteiger partial charge on any atom is -0.494 e. The Morgan fingerprint density at radius 3 is 2.12 bits per heavy atom. The standard InChI is InChI=1S/C24H30N4O5/c1-4-15-27-20-8-6-7-9-21(20)28(24(27)31)16-14-22(29)25-26-23(30)17(3)33-19-12-10-18(11-13-19)32-5-2/h6-13,17H,4-5,14-16H2,1-3H3,(H,25,29)(H,26,30). The molecule has 0 fully saturated rings. The van der Waals surface area contributed by atoms with Crippen LogP contribution >= 0.6 is 0 Å². The minimum absolute atomic E-state index is 0.0362. The molecular formula is C24H30N4O5. The Morgan fingerprint density at radius 2 is 1.52 bits per heavy atom. The first-order valence-electron chi connectivity index (χ1n) is 11.1. The lowest BCUT2D eigenvalue weighted by atomic mass is 10.3. The number of aryl methyl sites for hydroxylation is 2. The van der Waals surface area contributed by atoms with Crippen molar-refractivity contribution < 1.29 is 19.1 Å². The Morgan fingerprint density at radius 1 is 0.909 bits per heavy atom. The number of hydrogen-bond donors (Lipinski definition) is 2. The van der Waals surface area contributed by atoms with Gasteiger partial charge in [-0.25, -0.2) is 4.79 Å². The zero-order chi connectivity index (χ0) is 23.8. The number of amides is 2. The molecule has 2 amide bonds. The molecule has 9 heteroatoms. The molecule has 2 N–H and O–H groups in total. The van der Waals surface area contributed by atoms with Crippen molar-refractivity contribution in [2.45, 2.75) is 52.8 Å². The van der Waals surface area contributed by atoms with Crippen LogP contribution in [0.1, 0.15) is 33.6 Å². The number of nitrogens with one attached hydrogen (secondary N) is 2. The smallest absolute Gasteiger partial charge is 0.329 e. The number of ether oxygens (including phenoxy) is 2. The van der Waals surface area contributed by atoms with Crippen molar-refractivity contribution in [1.82, 2.24) is 20.0 Å². The number of fused-ring (bicyclic) bond motifs is 1. The number of hydrazine groups is 1. The van der Waals surface area contributed by atoms with Crippen LogP contribution in [-0.2, 0) is 22.7 Å². The van der Waals surface area contributed by atoms with Gasteiger partial charge >= 0.3 is 5.69 Å². The molecule has 1 atom stereocenters. The number of para-hydroxylation sites is 2. The summed E-state index contributed by atoms with van der Waals surface area (Å²) in [5.41, 5.74) is 6.23. The Hall–Kier alpha value is -3.75. The molecule has 1 heterocycles. The summed E-state index contributed by atoms with van der Waals surface area (Å²) in [7, 11) is 0. The molecule has 1 unspecified atom stereocenters. The first-order valence-corrected chi connectivity index (χ1v) is 11.1. The highest BCUT2D eigenvalue weighted by Gasteiger charge is 2.17. The van der Waals surface area contributed by atoms with Crippen LogP contribution in [0.25, 0.3) is 11.0 Å². The lowest BCUT2D eigenvalue weighted by Crippen LogP contribution is -2.47. The number of aromatic nitrogens is 2. The van der Waals surface area contributed by atoms with E-state index in [9.17, 15) is 14.4 Å². The Balaban J connectivity index is 1.52. The van der Waals surface area contributed by atoms with E-state index >= 15 is 0 Å². The van der Waals surface area contributed by atoms with Crippen LogP contribution in [0, 0.1) is 0 Å². The molecule has 0 spiro atoms. The third kappa shape index (κ3) is 5.94. The van der Waals surface area contributed by atoms with Gasteiger partial charge in [-0.1, -0.05) is 19.1 Å². The number of nitrogens with zero attached hydrogens (tertiary/aromatic N) is 2. The molecular weight excluding hydrogens is 424 g/mol. The van der Waals surface area contributed by atoms with E-state index in [0.29, 0.717) is 24.7 Å². The highest BCUT2D eigenvalue weighted by molar-refractivity contribution is 5.84. The fraction of sp³-hybridized carbons (Fsp3) is 0.375. The van der Waals surface area contributed by atoms with Crippen molar-refractivity contribution in [3.8, 4) is 11.5 Å². The van der Waals surface area contributed by atoms with Crippen molar-refractivity contribution in [2.24, 2.45) is 0 Å². The summed E-state index contributed by atoms with van der Waals surface area (Å²) in [6.07, 6.45) is 0.0455. The highest BCUT2D eigenvalue weighted by Crippen LogP contribution is 2.18. The van der Waals surface area contributed by atoms with Crippen molar-refractivity contribution >= 4 is 22.8 Å². The van der Waals surface area contributed by atoms with E-state index < -0.39 is 17.9 Å². The Bertz CT molecular complexity index is 1150. The van der Waals surface area contributed by atoms with Crippen molar-refractivity contribution in [2.75, 3.05) is 6.61 Å². The number of carbonyl (C=O) groups excluding carboxylic acids is 2. The van der Waals surface area contributed by atoms with E-state index in [4.69, 9.17) is 9.47 Å². The molecule has 0 saturated heterocycles. The minimum atomic E-state index is -0.821. The SMILES string of the molecule is CCCn1c(=O)n(CCC(=O)NNC(=O)C(C)Oc2ccc(OCC)cc2)c2ccccc21. The quantitative estimate of drug-likeness (QED) is 0.459. The topological polar surface area (TPSA) is 104 Å². The maximum absolute atomic E-state index is 12.8. The molecule has 0 aliphatic rings. The first kappa shape index (κ1) is 23.9. The van der Waals surface area contributed by atoms with Crippen LogP contribution in [-0.4, -0.2) is 33.7 Å². The van der Waals surface area contributed by atoms with Gasteiger partial charge in [-0.15, -0.1) is 0 Å². The number of imidazole rings is 1. The molecule has 176 valence electrons. The maximum atomic E-state index is 12.8. The summed E-state index contributed by atoms with van der Waals surface area (Å²) in [5, 5.41) is 0. The van der Waals surface area contributed by atoms with Gasteiger partial charge in [-0.05, 0) is 56.7 Å². The molecule has 3 aromatic rings. The van der Waals surface area contributed by atoms with Crippen LogP contribution in [0.15, 0.2) is 53.3 Å². The average molecular weight is 455 g/mol. The van der Waals surface area contributed by atoms with Crippen LogP contribution in [0.5, 0.6) is 11.5 Å². The summed E-state index contributed by atoms with van der Waals surface area (Å²) in [6.45, 7) is 6.87. The van der Waals surface area contributed by atoms with Crippen molar-refractivity contribution in [3.63, 3.8) is 0 Å². The average Bonchev–Trinajstić information content (AvgIpc) is 3.08. The zero-order valence-corrected chi connectivity index (χ0v) is 19.2. The van der Waals surface area contributed by atoms with Crippen molar-refractivity contribution in [3.05, 3.63) is 59.0 Å². The third-order valence-electron chi connectivity index (χ3n) is 5.08. The van der Waals surface area contributed by atoms with E-state index in [2.05, 4.69) is 10.9 Å². The summed E-state index contributed by atoms with van der Waals surface area (Å²) < 4.78 is 14.3. The molecule has 2 aromatic carbocycles. The second kappa shape index (κ2) is 11.2. The van der Waals surface area contributed by atoms with Gasteiger partial charge in [0.15, 0.2) is 6.10 Å². The van der Waals surface area contributed by atoms with E-state index in [1.165, 1.54) is 0 Å². The summed E-state index contributed by atoms with van der Waals surface area (Å²) in [4.78, 5) is 37.3. The highest BCUT2D eigenvalue weighted by atomic mass is 16.5. The van der Waals surface area contributed by atoms with Gasteiger partial charge in [0, 0.05) is 19.5 Å². The second-order valence-electron chi connectivity index (χ2n) is 7.53. The largest absolute Gasteiger partial charge is 0.494 e. The fourth-order valence-electron chi connectivity index (χ4n) is 3.48. The van der Waals surface area contributed by atoms with Crippen LogP contribution in [0.3, 0.4) is 0 Å². The van der Waals surface area contributed by atoms with Gasteiger partial charge in [0.2, 0.25) is 5.91 Å². The van der Waals surface area contributed by atoms with E-state index in [1.54, 1.807) is 40.3 Å². The van der Waals surface area contributed by atoms with E-state index in [-0.39, 0.29) is 18.7 Å². The van der Waals surface area contributed by atoms with Gasteiger partial charge < -0.3 is 9.47 Å². The summed E-state index contributed by atoms with van der Waals surface area (Å²) in [6, 6.07) is 14.4. The van der Waals surface area contributed by atoms with E-state index in [0.717, 1.165) is 17.5 Å². The molecule has 9 nitrogen and oxygen atoms in total. The molecule has 3 rings (SSSR count). The van der Waals surface area contributed by atoms with Gasteiger partial charge in [-0.3, -0.25) is 29.6 Å². The molecule has 0 bridgehead atoms. The van der Waals surface area contributed by atoms with Gasteiger partial charge in [0.25, 0.3) is 5.91 Å². The van der Waals surface area contributed by atoms with Gasteiger partial charge in [0.1, 0.15) is 11.5 Å². The molecule has 0 aliphatic carbocycles. The zero-order valence-electron chi connectivity index (χ0n) is 19.2. The molecule has 33 heavy (non-hydrogen) atoms. The van der Waals surface area contributed by atoms with E-state index in [1.807, 2.05) is 38.1 Å². The predicted octanol–water partition coefficient (Wildman–Crippen LogP) is 2.62. The number of benzene rings is 2. The summed E-state index contributed by atoms with van der Waals surface area (Å²) >= 11 is 0. The lowest BCUT2D eigenvalue weighted by molar-refractivity contribution is -0.132. The monoisotopic (exact) mass is 454 g/mol. The molecule has 0 radical (unpaired) electrons. The van der Waals surface area contributed by atoms with Gasteiger partial charge in [0.05, 0.1) is 17.6 Å². The lowest BCUT2D eigenvalue weighted by Gasteiger charge is -2.15. The van der Waals surface area contributed by atoms with Crippen LogP contribution in [0.4, 0.5) is 0 Å². The third-order valence-corrected chi connectivity index (χ3v) is 5.08. The molecule has 0 aliphatic heterocycles. The van der Waals surface area contributed by atoms with Gasteiger partial charge in [-0.2, -0.15) is 0 Å². The normalized spacial score (nSPS) is 11.7. The summed E-state index contributed by atoms with van der Waals surface area (Å²) in [5.74, 6) is 0.325. The Kier molecular flexibility index (Phi) is 8.12. The van der Waals surface area contributed by atoms with Crippen LogP contribution < -0.4 is 26.0 Å². The number of rotatable bonds is 10. The molecule has 1 aromatic heterocycles. The predicted molar refractivity (Wildman–Crippen MR) is 125 cm³/mol. The fourth-order valence-corrected chi connectivity index (χ4v) is 3.48. The Labute approximate surface area is 192 Å². The number of carbonyl (C=O) groups is 2. The first-order chi connectivity index (χ1) is 15.9. The maximum Gasteiger partial charge on any atom is 0.329 e. The van der Waals surface area contributed by atoms with Crippen molar-refractivity contribution in [1.29, 1.82) is 0 Å². The molecule has 0 saturated carbocycles. The van der Waals surface area contributed by atoms with Crippen LogP contribution in [0.2, 0.25) is 0 Å².